The van der Waals surface area contributed by atoms with Gasteiger partial charge in [0.05, 0.1) is 22.4 Å². The fourth-order valence-electron chi connectivity index (χ4n) is 3.47. The minimum atomic E-state index is -3.04. The third-order valence-corrected chi connectivity index (χ3v) is 8.24. The Kier molecular flexibility index (Phi) is 6.41. The molecule has 0 spiro atoms. The van der Waals surface area contributed by atoms with E-state index in [0.29, 0.717) is 23.1 Å². The van der Waals surface area contributed by atoms with E-state index in [1.54, 1.807) is 11.1 Å². The van der Waals surface area contributed by atoms with E-state index in [1.165, 1.54) is 11.8 Å². The molecule has 3 rings (SSSR count). The molecule has 1 aliphatic heterocycles. The summed E-state index contributed by atoms with van der Waals surface area (Å²) in [5.41, 5.74) is 1.86. The number of benzene rings is 1. The summed E-state index contributed by atoms with van der Waals surface area (Å²) in [5, 5.41) is 0.982. The van der Waals surface area contributed by atoms with Gasteiger partial charge in [0, 0.05) is 30.0 Å². The number of hydrogen-bond acceptors (Lipinski definition) is 5. The van der Waals surface area contributed by atoms with Crippen LogP contribution in [-0.2, 0) is 14.6 Å². The number of imidazole rings is 1. The third kappa shape index (κ3) is 4.39. The Morgan fingerprint density at radius 3 is 2.86 bits per heavy atom. The maximum atomic E-state index is 13.0. The zero-order valence-electron chi connectivity index (χ0n) is 16.1. The molecule has 1 amide bonds. The van der Waals surface area contributed by atoms with Crippen molar-refractivity contribution >= 4 is 39.1 Å². The van der Waals surface area contributed by atoms with Gasteiger partial charge in [-0.1, -0.05) is 29.4 Å². The van der Waals surface area contributed by atoms with Crippen LogP contribution >= 0.6 is 23.4 Å². The predicted octanol–water partition coefficient (Wildman–Crippen LogP) is 3.35. The lowest BCUT2D eigenvalue weighted by Crippen LogP contribution is -2.44. The molecule has 0 radical (unpaired) electrons. The first kappa shape index (κ1) is 21.2. The number of rotatable bonds is 6. The second-order valence-electron chi connectivity index (χ2n) is 6.90. The number of carbonyl (C=O) groups is 1. The molecule has 1 fully saturated rings. The van der Waals surface area contributed by atoms with E-state index in [1.807, 2.05) is 49.7 Å². The second kappa shape index (κ2) is 8.47. The number of amides is 1. The lowest BCUT2D eigenvalue weighted by atomic mass is 10.2. The minimum absolute atomic E-state index is 0.0559. The zero-order valence-corrected chi connectivity index (χ0v) is 18.5. The number of sulfone groups is 1. The van der Waals surface area contributed by atoms with Crippen molar-refractivity contribution in [1.82, 2.24) is 14.5 Å². The largest absolute Gasteiger partial charge is 0.338 e. The van der Waals surface area contributed by atoms with Crippen molar-refractivity contribution in [1.29, 1.82) is 0 Å². The summed E-state index contributed by atoms with van der Waals surface area (Å²) in [6.07, 6.45) is 4.05. The summed E-state index contributed by atoms with van der Waals surface area (Å²) in [6.45, 7) is 6.16. The normalized spacial score (nSPS) is 19.5. The standard InChI is InChI=1S/C19H24ClN3O3S2/c1-4-22(15-8-11-28(25,26)12-15)18(24)14(3)27-19-21-9-10-23(19)17-7-5-6-16(20)13(17)2/h5-7,9-10,14-15H,4,8,11-12H2,1-3H3. The molecular weight excluding hydrogens is 418 g/mol. The fraction of sp³-hybridized carbons (Fsp3) is 0.474. The number of thioether (sulfide) groups is 1. The molecule has 1 saturated heterocycles. The first-order chi connectivity index (χ1) is 13.2. The Morgan fingerprint density at radius 2 is 2.21 bits per heavy atom. The Balaban J connectivity index is 1.78. The van der Waals surface area contributed by atoms with Gasteiger partial charge in [0.2, 0.25) is 5.91 Å². The highest BCUT2D eigenvalue weighted by Crippen LogP contribution is 2.30. The number of nitrogens with zero attached hydrogens (tertiary/aromatic N) is 3. The Hall–Kier alpha value is -1.51. The second-order valence-corrected chi connectivity index (χ2v) is 10.8. The van der Waals surface area contributed by atoms with Gasteiger partial charge in [-0.3, -0.25) is 9.36 Å². The van der Waals surface area contributed by atoms with Crippen LogP contribution in [0.4, 0.5) is 0 Å². The first-order valence-electron chi connectivity index (χ1n) is 9.20. The van der Waals surface area contributed by atoms with Crippen LogP contribution in [-0.4, -0.2) is 58.1 Å². The van der Waals surface area contributed by atoms with Crippen molar-refractivity contribution in [2.45, 2.75) is 43.6 Å². The lowest BCUT2D eigenvalue weighted by molar-refractivity contribution is -0.131. The fourth-order valence-corrected chi connectivity index (χ4v) is 6.32. The average Bonchev–Trinajstić information content (AvgIpc) is 3.24. The highest BCUT2D eigenvalue weighted by atomic mass is 35.5. The summed E-state index contributed by atoms with van der Waals surface area (Å²) >= 11 is 7.61. The Bertz CT molecular complexity index is 975. The van der Waals surface area contributed by atoms with Gasteiger partial charge >= 0.3 is 0 Å². The van der Waals surface area contributed by atoms with E-state index < -0.39 is 9.84 Å². The molecule has 0 bridgehead atoms. The molecule has 2 atom stereocenters. The molecule has 2 unspecified atom stereocenters. The molecular formula is C19H24ClN3O3S2. The van der Waals surface area contributed by atoms with E-state index in [4.69, 9.17) is 11.6 Å². The zero-order chi connectivity index (χ0) is 20.5. The SMILES string of the molecule is CCN(C(=O)C(C)Sc1nccn1-c1cccc(Cl)c1C)C1CCS(=O)(=O)C1. The molecule has 0 aliphatic carbocycles. The average molecular weight is 442 g/mol. The van der Waals surface area contributed by atoms with Gasteiger partial charge in [0.15, 0.2) is 15.0 Å². The van der Waals surface area contributed by atoms with Crippen LogP contribution in [0.15, 0.2) is 35.7 Å². The van der Waals surface area contributed by atoms with Gasteiger partial charge in [-0.2, -0.15) is 0 Å². The first-order valence-corrected chi connectivity index (χ1v) is 12.3. The summed E-state index contributed by atoms with van der Waals surface area (Å²) in [7, 11) is -3.04. The van der Waals surface area contributed by atoms with Crippen LogP contribution in [0.3, 0.4) is 0 Å². The van der Waals surface area contributed by atoms with Gasteiger partial charge in [0.1, 0.15) is 0 Å². The Morgan fingerprint density at radius 1 is 1.46 bits per heavy atom. The topological polar surface area (TPSA) is 72.3 Å². The molecule has 1 aromatic carbocycles. The summed E-state index contributed by atoms with van der Waals surface area (Å²) < 4.78 is 25.5. The predicted molar refractivity (Wildman–Crippen MR) is 113 cm³/mol. The maximum Gasteiger partial charge on any atom is 0.236 e. The monoisotopic (exact) mass is 441 g/mol. The van der Waals surface area contributed by atoms with Crippen molar-refractivity contribution in [3.8, 4) is 5.69 Å². The van der Waals surface area contributed by atoms with Crippen LogP contribution in [0.5, 0.6) is 0 Å². The molecule has 9 heteroatoms. The van der Waals surface area contributed by atoms with Crippen molar-refractivity contribution < 1.29 is 13.2 Å². The summed E-state index contributed by atoms with van der Waals surface area (Å²) in [6, 6.07) is 5.44. The molecule has 6 nitrogen and oxygen atoms in total. The lowest BCUT2D eigenvalue weighted by Gasteiger charge is -2.29. The molecule has 2 heterocycles. The van der Waals surface area contributed by atoms with E-state index in [2.05, 4.69) is 4.98 Å². The molecule has 0 saturated carbocycles. The number of carbonyl (C=O) groups excluding carboxylic acids is 1. The van der Waals surface area contributed by atoms with Gasteiger partial charge in [-0.25, -0.2) is 13.4 Å². The quantitative estimate of drug-likeness (QED) is 0.643. The molecule has 152 valence electrons. The Labute approximate surface area is 175 Å². The molecule has 28 heavy (non-hydrogen) atoms. The van der Waals surface area contributed by atoms with E-state index in [0.717, 1.165) is 11.3 Å². The number of aromatic nitrogens is 2. The van der Waals surface area contributed by atoms with Crippen molar-refractivity contribution in [2.24, 2.45) is 0 Å². The number of hydrogen-bond donors (Lipinski definition) is 0. The third-order valence-electron chi connectivity index (χ3n) is 5.01. The molecule has 2 aromatic rings. The summed E-state index contributed by atoms with van der Waals surface area (Å²) in [4.78, 5) is 19.1. The summed E-state index contributed by atoms with van der Waals surface area (Å²) in [5.74, 6) is 0.147. The molecule has 1 aromatic heterocycles. The highest BCUT2D eigenvalue weighted by Gasteiger charge is 2.35. The highest BCUT2D eigenvalue weighted by molar-refractivity contribution is 8.00. The van der Waals surface area contributed by atoms with Gasteiger partial charge < -0.3 is 4.90 Å². The van der Waals surface area contributed by atoms with Gasteiger partial charge in [-0.15, -0.1) is 0 Å². The van der Waals surface area contributed by atoms with Crippen LogP contribution in [0.1, 0.15) is 25.8 Å². The van der Waals surface area contributed by atoms with Crippen LogP contribution in [0.25, 0.3) is 5.69 Å². The van der Waals surface area contributed by atoms with Crippen molar-refractivity contribution in [3.63, 3.8) is 0 Å². The minimum Gasteiger partial charge on any atom is -0.338 e. The maximum absolute atomic E-state index is 13.0. The van der Waals surface area contributed by atoms with Crippen LogP contribution < -0.4 is 0 Å². The van der Waals surface area contributed by atoms with Gasteiger partial charge in [0.25, 0.3) is 0 Å². The van der Waals surface area contributed by atoms with E-state index >= 15 is 0 Å². The number of halogens is 1. The van der Waals surface area contributed by atoms with Crippen LogP contribution in [0, 0.1) is 6.92 Å². The van der Waals surface area contributed by atoms with Gasteiger partial charge in [-0.05, 0) is 44.9 Å². The molecule has 0 N–H and O–H groups in total. The van der Waals surface area contributed by atoms with Crippen LogP contribution in [0.2, 0.25) is 5.02 Å². The van der Waals surface area contributed by atoms with E-state index in [9.17, 15) is 13.2 Å². The molecule has 1 aliphatic rings. The smallest absolute Gasteiger partial charge is 0.236 e. The van der Waals surface area contributed by atoms with Crippen molar-refractivity contribution in [3.05, 3.63) is 41.2 Å². The van der Waals surface area contributed by atoms with Crippen molar-refractivity contribution in [2.75, 3.05) is 18.1 Å². The van der Waals surface area contributed by atoms with E-state index in [-0.39, 0.29) is 28.7 Å².